The van der Waals surface area contributed by atoms with Crippen LogP contribution in [0.4, 0.5) is 0 Å². The van der Waals surface area contributed by atoms with Crippen LogP contribution in [0.2, 0.25) is 10.0 Å². The number of rotatable bonds is 3. The van der Waals surface area contributed by atoms with Crippen molar-refractivity contribution in [3.63, 3.8) is 0 Å². The Morgan fingerprint density at radius 1 is 1.42 bits per heavy atom. The van der Waals surface area contributed by atoms with Gasteiger partial charge in [-0.05, 0) is 37.6 Å². The third-order valence-electron chi connectivity index (χ3n) is 3.21. The smallest absolute Gasteiger partial charge is 0.251 e. The van der Waals surface area contributed by atoms with Gasteiger partial charge in [0, 0.05) is 18.7 Å². The number of amides is 1. The lowest BCUT2D eigenvalue weighted by Crippen LogP contribution is -2.52. The number of hydrogen-bond acceptors (Lipinski definition) is 3. The summed E-state index contributed by atoms with van der Waals surface area (Å²) in [5.41, 5.74) is -0.439. The summed E-state index contributed by atoms with van der Waals surface area (Å²) in [5, 5.41) is 16.8. The van der Waals surface area contributed by atoms with E-state index in [0.717, 1.165) is 13.0 Å². The van der Waals surface area contributed by atoms with Crippen molar-refractivity contribution in [1.29, 1.82) is 0 Å². The van der Waals surface area contributed by atoms with Crippen LogP contribution in [0.3, 0.4) is 0 Å². The van der Waals surface area contributed by atoms with Gasteiger partial charge in [-0.25, -0.2) is 0 Å². The first-order valence-electron chi connectivity index (χ1n) is 6.17. The van der Waals surface area contributed by atoms with E-state index in [2.05, 4.69) is 10.6 Å². The molecule has 19 heavy (non-hydrogen) atoms. The van der Waals surface area contributed by atoms with Gasteiger partial charge in [0.1, 0.15) is 0 Å². The lowest BCUT2D eigenvalue weighted by Gasteiger charge is -2.32. The molecule has 0 saturated carbocycles. The zero-order chi connectivity index (χ0) is 13.9. The molecule has 6 heteroatoms. The number of nitrogens with one attached hydrogen (secondary N) is 2. The van der Waals surface area contributed by atoms with E-state index in [9.17, 15) is 9.90 Å². The van der Waals surface area contributed by atoms with Crippen LogP contribution in [0.25, 0.3) is 0 Å². The number of β-amino-alcohol motifs (C(OH)–C–C–N with tert-alkyl or cyclic N) is 1. The molecule has 1 heterocycles. The summed E-state index contributed by atoms with van der Waals surface area (Å²) in [7, 11) is 0. The Labute approximate surface area is 122 Å². The summed E-state index contributed by atoms with van der Waals surface area (Å²) < 4.78 is 0. The van der Waals surface area contributed by atoms with Gasteiger partial charge < -0.3 is 15.7 Å². The Bertz CT molecular complexity index is 474. The Morgan fingerprint density at radius 2 is 2.21 bits per heavy atom. The van der Waals surface area contributed by atoms with E-state index >= 15 is 0 Å². The van der Waals surface area contributed by atoms with Crippen LogP contribution in [0.1, 0.15) is 23.2 Å². The fraction of sp³-hybridized carbons (Fsp3) is 0.462. The van der Waals surface area contributed by atoms with Gasteiger partial charge >= 0.3 is 0 Å². The maximum absolute atomic E-state index is 11.9. The third-order valence-corrected chi connectivity index (χ3v) is 3.95. The normalized spacial score (nSPS) is 23.1. The monoisotopic (exact) mass is 302 g/mol. The van der Waals surface area contributed by atoms with Crippen molar-refractivity contribution in [2.24, 2.45) is 0 Å². The van der Waals surface area contributed by atoms with E-state index in [1.807, 2.05) is 0 Å². The van der Waals surface area contributed by atoms with Crippen LogP contribution in [0.5, 0.6) is 0 Å². The molecule has 1 amide bonds. The van der Waals surface area contributed by atoms with Crippen LogP contribution >= 0.6 is 23.2 Å². The molecule has 104 valence electrons. The molecule has 1 atom stereocenters. The van der Waals surface area contributed by atoms with Crippen LogP contribution in [-0.4, -0.2) is 36.2 Å². The maximum Gasteiger partial charge on any atom is 0.251 e. The molecule has 0 spiro atoms. The first-order valence-corrected chi connectivity index (χ1v) is 6.92. The van der Waals surface area contributed by atoms with Crippen LogP contribution < -0.4 is 10.6 Å². The minimum absolute atomic E-state index is 0.221. The van der Waals surface area contributed by atoms with Gasteiger partial charge in [0.05, 0.1) is 15.6 Å². The lowest BCUT2D eigenvalue weighted by atomic mass is 9.94. The average Bonchev–Trinajstić information content (AvgIpc) is 2.40. The summed E-state index contributed by atoms with van der Waals surface area (Å²) >= 11 is 11.7. The topological polar surface area (TPSA) is 61.4 Å². The molecule has 4 nitrogen and oxygen atoms in total. The van der Waals surface area contributed by atoms with Crippen molar-refractivity contribution in [3.05, 3.63) is 33.8 Å². The molecule has 1 fully saturated rings. The average molecular weight is 303 g/mol. The number of carbonyl (C=O) groups excluding carboxylic acids is 1. The summed E-state index contributed by atoms with van der Waals surface area (Å²) in [6, 6.07) is 4.70. The molecule has 1 aromatic carbocycles. The second-order valence-corrected chi connectivity index (χ2v) is 5.63. The van der Waals surface area contributed by atoms with Gasteiger partial charge in [-0.15, -0.1) is 0 Å². The number of piperidine rings is 1. The summed E-state index contributed by atoms with van der Waals surface area (Å²) in [5.74, 6) is -0.266. The maximum atomic E-state index is 11.9. The van der Waals surface area contributed by atoms with Gasteiger partial charge in [-0.2, -0.15) is 0 Å². The number of carbonyl (C=O) groups is 1. The highest BCUT2D eigenvalue weighted by molar-refractivity contribution is 6.42. The molecule has 3 N–H and O–H groups in total. The third kappa shape index (κ3) is 3.83. The zero-order valence-corrected chi connectivity index (χ0v) is 11.9. The van der Waals surface area contributed by atoms with Gasteiger partial charge in [0.2, 0.25) is 0 Å². The molecule has 0 aromatic heterocycles. The molecule has 1 aliphatic heterocycles. The van der Waals surface area contributed by atoms with Gasteiger partial charge in [-0.3, -0.25) is 4.79 Å². The van der Waals surface area contributed by atoms with Crippen LogP contribution in [0, 0.1) is 0 Å². The van der Waals surface area contributed by atoms with Crippen molar-refractivity contribution in [2.75, 3.05) is 19.6 Å². The highest BCUT2D eigenvalue weighted by Crippen LogP contribution is 2.22. The minimum Gasteiger partial charge on any atom is -0.387 e. The summed E-state index contributed by atoms with van der Waals surface area (Å²) in [6.07, 6.45) is 1.58. The highest BCUT2D eigenvalue weighted by atomic mass is 35.5. The zero-order valence-electron chi connectivity index (χ0n) is 10.4. The standard InChI is InChI=1S/C13H16Cl2N2O2/c14-10-3-2-9(6-11(10)15)12(18)17-8-13(19)4-1-5-16-7-13/h2-3,6,16,19H,1,4-5,7-8H2,(H,17,18)/t13-/m0/s1. The van der Waals surface area contributed by atoms with E-state index in [1.54, 1.807) is 12.1 Å². The van der Waals surface area contributed by atoms with E-state index in [1.165, 1.54) is 6.07 Å². The van der Waals surface area contributed by atoms with Gasteiger partial charge in [0.25, 0.3) is 5.91 Å². The second-order valence-electron chi connectivity index (χ2n) is 4.82. The van der Waals surface area contributed by atoms with Crippen molar-refractivity contribution < 1.29 is 9.90 Å². The van der Waals surface area contributed by atoms with Crippen molar-refractivity contribution in [2.45, 2.75) is 18.4 Å². The minimum atomic E-state index is -0.871. The molecule has 1 saturated heterocycles. The fourth-order valence-electron chi connectivity index (χ4n) is 2.09. The van der Waals surface area contributed by atoms with Crippen LogP contribution in [-0.2, 0) is 0 Å². The van der Waals surface area contributed by atoms with Crippen LogP contribution in [0.15, 0.2) is 18.2 Å². The number of benzene rings is 1. The van der Waals surface area contributed by atoms with Crippen molar-refractivity contribution in [3.8, 4) is 0 Å². The summed E-state index contributed by atoms with van der Waals surface area (Å²) in [6.45, 7) is 1.62. The quantitative estimate of drug-likeness (QED) is 0.798. The lowest BCUT2D eigenvalue weighted by molar-refractivity contribution is 0.0170. The van der Waals surface area contributed by atoms with E-state index in [-0.39, 0.29) is 12.5 Å². The Balaban J connectivity index is 1.95. The molecule has 1 aromatic rings. The van der Waals surface area contributed by atoms with Gasteiger partial charge in [-0.1, -0.05) is 23.2 Å². The first-order chi connectivity index (χ1) is 9.00. The number of hydrogen-bond donors (Lipinski definition) is 3. The Hall–Kier alpha value is -0.810. The SMILES string of the molecule is O=C(NC[C@]1(O)CCCNC1)c1ccc(Cl)c(Cl)c1. The largest absolute Gasteiger partial charge is 0.387 e. The molecule has 1 aliphatic rings. The van der Waals surface area contributed by atoms with E-state index in [4.69, 9.17) is 23.2 Å². The first kappa shape index (κ1) is 14.6. The number of aliphatic hydroxyl groups is 1. The predicted molar refractivity (Wildman–Crippen MR) is 75.8 cm³/mol. The van der Waals surface area contributed by atoms with E-state index in [0.29, 0.717) is 28.6 Å². The van der Waals surface area contributed by atoms with E-state index < -0.39 is 5.60 Å². The molecule has 0 bridgehead atoms. The fourth-order valence-corrected chi connectivity index (χ4v) is 2.39. The molecule has 2 rings (SSSR count). The molecular formula is C13H16Cl2N2O2. The summed E-state index contributed by atoms with van der Waals surface area (Å²) in [4.78, 5) is 11.9. The molecular weight excluding hydrogens is 287 g/mol. The Morgan fingerprint density at radius 3 is 2.84 bits per heavy atom. The van der Waals surface area contributed by atoms with Gasteiger partial charge in [0.15, 0.2) is 0 Å². The predicted octanol–water partition coefficient (Wildman–Crippen LogP) is 1.84. The molecule has 0 radical (unpaired) electrons. The Kier molecular flexibility index (Phi) is 4.68. The highest BCUT2D eigenvalue weighted by Gasteiger charge is 2.29. The number of halogens is 2. The second kappa shape index (κ2) is 6.09. The molecule has 0 unspecified atom stereocenters. The van der Waals surface area contributed by atoms with Crippen molar-refractivity contribution >= 4 is 29.1 Å². The molecule has 0 aliphatic carbocycles. The van der Waals surface area contributed by atoms with Crippen molar-refractivity contribution in [1.82, 2.24) is 10.6 Å².